The zero-order valence-electron chi connectivity index (χ0n) is 23.6. The predicted octanol–water partition coefficient (Wildman–Crippen LogP) is 4.28. The van der Waals surface area contributed by atoms with Crippen molar-refractivity contribution in [1.82, 2.24) is 20.6 Å². The van der Waals surface area contributed by atoms with E-state index in [9.17, 15) is 31.2 Å². The molecule has 0 bridgehead atoms. The van der Waals surface area contributed by atoms with Gasteiger partial charge in [0.05, 0.1) is 40.8 Å². The monoisotopic (exact) mass is 608 g/mol. The Morgan fingerprint density at radius 3 is 2.48 bits per heavy atom. The number of methoxy groups -OCH3 is 1. The minimum atomic E-state index is -4.59. The lowest BCUT2D eigenvalue weighted by Crippen LogP contribution is -2.50. The van der Waals surface area contributed by atoms with E-state index < -0.39 is 45.4 Å². The summed E-state index contributed by atoms with van der Waals surface area (Å²) in [7, 11) is -2.55. The number of ether oxygens (including phenoxy) is 1. The molecule has 3 aromatic rings. The molecule has 1 aromatic heterocycles. The first kappa shape index (κ1) is 31.5. The summed E-state index contributed by atoms with van der Waals surface area (Å²) in [6.07, 6.45) is -3.11. The van der Waals surface area contributed by atoms with Crippen molar-refractivity contribution in [1.29, 1.82) is 0 Å². The number of sulfone groups is 1. The van der Waals surface area contributed by atoms with Gasteiger partial charge in [-0.3, -0.25) is 4.79 Å². The number of H-pyrrole nitrogens is 1. The zero-order valence-corrected chi connectivity index (χ0v) is 24.4. The topological polar surface area (TPSA) is 130 Å². The van der Waals surface area contributed by atoms with Crippen molar-refractivity contribution in [2.75, 3.05) is 19.4 Å². The number of nitrogens with zero attached hydrogens (tertiary/aromatic N) is 1. The Kier molecular flexibility index (Phi) is 9.61. The maximum absolute atomic E-state index is 13.4. The van der Waals surface area contributed by atoms with Crippen molar-refractivity contribution in [3.8, 4) is 0 Å². The number of carbonyl (C=O) groups excluding carboxylic acids is 2. The molecule has 1 amide bonds. The van der Waals surface area contributed by atoms with Crippen molar-refractivity contribution in [3.63, 3.8) is 0 Å². The molecular weight excluding hydrogens is 573 g/mol. The normalized spacial score (nSPS) is 19.6. The van der Waals surface area contributed by atoms with Crippen LogP contribution < -0.4 is 10.6 Å². The molecule has 0 aliphatic heterocycles. The second-order valence-corrected chi connectivity index (χ2v) is 13.1. The van der Waals surface area contributed by atoms with E-state index in [1.807, 2.05) is 0 Å². The van der Waals surface area contributed by atoms with Crippen LogP contribution in [0.4, 0.5) is 13.2 Å². The van der Waals surface area contributed by atoms with Gasteiger partial charge in [0.2, 0.25) is 5.91 Å². The van der Waals surface area contributed by atoms with Crippen LogP contribution in [0.1, 0.15) is 54.9 Å². The maximum atomic E-state index is 13.4. The highest BCUT2D eigenvalue weighted by molar-refractivity contribution is 7.91. The third-order valence-corrected chi connectivity index (χ3v) is 9.26. The lowest BCUT2D eigenvalue weighted by atomic mass is 9.82. The van der Waals surface area contributed by atoms with Gasteiger partial charge in [0, 0.05) is 12.1 Å². The summed E-state index contributed by atoms with van der Waals surface area (Å²) in [6.45, 7) is 4.92. The van der Waals surface area contributed by atoms with Crippen LogP contribution in [0.5, 0.6) is 0 Å². The van der Waals surface area contributed by atoms with Crippen molar-refractivity contribution in [3.05, 3.63) is 59.4 Å². The number of rotatable bonds is 10. The highest BCUT2D eigenvalue weighted by Gasteiger charge is 2.36. The van der Waals surface area contributed by atoms with Crippen LogP contribution in [0.15, 0.2) is 47.4 Å². The molecule has 1 fully saturated rings. The highest BCUT2D eigenvalue weighted by Crippen LogP contribution is 2.34. The molecule has 1 heterocycles. The Hall–Kier alpha value is -3.45. The largest absolute Gasteiger partial charge is 0.465 e. The summed E-state index contributed by atoms with van der Waals surface area (Å²) in [6, 6.07) is 8.79. The van der Waals surface area contributed by atoms with Gasteiger partial charge in [-0.1, -0.05) is 19.9 Å². The first-order valence-electron chi connectivity index (χ1n) is 13.8. The second-order valence-electron chi connectivity index (χ2n) is 11.1. The Bertz CT molecular complexity index is 1520. The molecule has 228 valence electrons. The van der Waals surface area contributed by atoms with Crippen LogP contribution in [0, 0.1) is 11.8 Å². The molecule has 1 aliphatic carbocycles. The smallest absolute Gasteiger partial charge is 0.418 e. The highest BCUT2D eigenvalue weighted by atomic mass is 32.2. The molecule has 9 nitrogen and oxygen atoms in total. The number of carbonyl (C=O) groups is 2. The van der Waals surface area contributed by atoms with Crippen molar-refractivity contribution in [2.45, 2.75) is 62.7 Å². The van der Waals surface area contributed by atoms with E-state index >= 15 is 0 Å². The number of benzene rings is 2. The van der Waals surface area contributed by atoms with Gasteiger partial charge >= 0.3 is 12.1 Å². The number of imidazole rings is 1. The number of esters is 1. The van der Waals surface area contributed by atoms with Gasteiger partial charge < -0.3 is 20.4 Å². The lowest BCUT2D eigenvalue weighted by molar-refractivity contribution is -0.136. The fraction of sp³-hybridized carbons (Fsp3) is 0.483. The fourth-order valence-corrected chi connectivity index (χ4v) is 7.00. The molecule has 4 rings (SSSR count). The van der Waals surface area contributed by atoms with Gasteiger partial charge in [-0.2, -0.15) is 13.2 Å². The van der Waals surface area contributed by atoms with Crippen molar-refractivity contribution >= 4 is 32.7 Å². The number of halogens is 3. The fourth-order valence-electron chi connectivity index (χ4n) is 5.33. The molecule has 3 atom stereocenters. The first-order valence-corrected chi connectivity index (χ1v) is 15.4. The zero-order chi connectivity index (χ0) is 30.7. The maximum Gasteiger partial charge on any atom is 0.418 e. The van der Waals surface area contributed by atoms with E-state index in [4.69, 9.17) is 0 Å². The molecule has 0 radical (unpaired) electrons. The number of alkyl halides is 3. The van der Waals surface area contributed by atoms with Gasteiger partial charge in [0.1, 0.15) is 11.3 Å². The molecular formula is C29H35F3N4O5S. The quantitative estimate of drug-likeness (QED) is 0.293. The molecule has 3 N–H and O–H groups in total. The van der Waals surface area contributed by atoms with Crippen LogP contribution >= 0.6 is 0 Å². The molecule has 0 spiro atoms. The summed E-state index contributed by atoms with van der Waals surface area (Å²) in [5, 5.41) is 6.41. The molecule has 42 heavy (non-hydrogen) atoms. The van der Waals surface area contributed by atoms with Crippen molar-refractivity contribution in [2.24, 2.45) is 11.8 Å². The van der Waals surface area contributed by atoms with Crippen LogP contribution in [0.3, 0.4) is 0 Å². The minimum absolute atomic E-state index is 0.0558. The van der Waals surface area contributed by atoms with E-state index in [-0.39, 0.29) is 45.5 Å². The average Bonchev–Trinajstić information content (AvgIpc) is 3.34. The molecule has 0 saturated heterocycles. The summed E-state index contributed by atoms with van der Waals surface area (Å²) in [4.78, 5) is 31.7. The Labute approximate surface area is 242 Å². The molecule has 13 heteroatoms. The van der Waals surface area contributed by atoms with E-state index in [1.165, 1.54) is 43.5 Å². The van der Waals surface area contributed by atoms with Gasteiger partial charge in [-0.05, 0) is 74.0 Å². The average molecular weight is 609 g/mol. The third-order valence-electron chi connectivity index (χ3n) is 7.41. The van der Waals surface area contributed by atoms with Crippen LogP contribution in [-0.4, -0.2) is 61.8 Å². The summed E-state index contributed by atoms with van der Waals surface area (Å²) in [5.74, 6) is -1.21. The van der Waals surface area contributed by atoms with Crippen molar-refractivity contribution < 1.29 is 35.9 Å². The van der Waals surface area contributed by atoms with E-state index in [1.54, 1.807) is 0 Å². The third kappa shape index (κ3) is 7.68. The van der Waals surface area contributed by atoms with E-state index in [0.29, 0.717) is 18.8 Å². The Morgan fingerprint density at radius 2 is 1.83 bits per heavy atom. The summed E-state index contributed by atoms with van der Waals surface area (Å²) < 4.78 is 71.7. The van der Waals surface area contributed by atoms with Gasteiger partial charge in [-0.25, -0.2) is 18.2 Å². The number of para-hydroxylation sites is 1. The minimum Gasteiger partial charge on any atom is -0.465 e. The number of amides is 1. The molecule has 2 aromatic carbocycles. The predicted molar refractivity (Wildman–Crippen MR) is 151 cm³/mol. The second kappa shape index (κ2) is 12.8. The Morgan fingerprint density at radius 1 is 1.12 bits per heavy atom. The standard InChI is InChI=1S/C29H35F3N4O5S/c1-17(2)15-33-20-9-12-23(19(13-20)16-42(39,40)21-10-7-18(8-11-21)28(38)41-3)35-26(37)14-25-34-24-6-4-5-22(27(24)36-25)29(30,31)32/h4-8,10-11,17,19-20,23,33H,9,12-16H2,1-3H3,(H,34,36)(H,35,37). The number of nitrogens with one attached hydrogen (secondary N) is 3. The number of hydrogen-bond acceptors (Lipinski definition) is 7. The SMILES string of the molecule is COC(=O)c1ccc(S(=O)(=O)CC2CC(NCC(C)C)CCC2NC(=O)Cc2nc3c(C(F)(F)F)cccc3[nH]2)cc1. The van der Waals surface area contributed by atoms with Gasteiger partial charge in [0.25, 0.3) is 0 Å². The van der Waals surface area contributed by atoms with E-state index in [0.717, 1.165) is 19.0 Å². The number of aromatic nitrogens is 2. The molecule has 3 unspecified atom stereocenters. The van der Waals surface area contributed by atoms with Gasteiger partial charge in [-0.15, -0.1) is 0 Å². The Balaban J connectivity index is 1.50. The first-order chi connectivity index (χ1) is 19.8. The lowest BCUT2D eigenvalue weighted by Gasteiger charge is -2.37. The molecule has 1 aliphatic rings. The number of aromatic amines is 1. The van der Waals surface area contributed by atoms with E-state index in [2.05, 4.69) is 39.2 Å². The van der Waals surface area contributed by atoms with Gasteiger partial charge in [0.15, 0.2) is 9.84 Å². The van der Waals surface area contributed by atoms with Crippen LogP contribution in [-0.2, 0) is 32.0 Å². The molecule has 1 saturated carbocycles. The number of hydrogen-bond donors (Lipinski definition) is 3. The summed E-state index contributed by atoms with van der Waals surface area (Å²) >= 11 is 0. The summed E-state index contributed by atoms with van der Waals surface area (Å²) in [5.41, 5.74) is -0.747. The van der Waals surface area contributed by atoms with Crippen LogP contribution in [0.2, 0.25) is 0 Å². The number of fused-ring (bicyclic) bond motifs is 1. The van der Waals surface area contributed by atoms with Crippen LogP contribution in [0.25, 0.3) is 11.0 Å².